The van der Waals surface area contributed by atoms with Crippen molar-refractivity contribution in [2.75, 3.05) is 13.1 Å². The van der Waals surface area contributed by atoms with Gasteiger partial charge in [0.15, 0.2) is 0 Å². The lowest BCUT2D eigenvalue weighted by Gasteiger charge is -2.34. The zero-order valence-corrected chi connectivity index (χ0v) is 11.4. The summed E-state index contributed by atoms with van der Waals surface area (Å²) in [7, 11) is -3.45. The van der Waals surface area contributed by atoms with Gasteiger partial charge >= 0.3 is 0 Å². The molecule has 6 nitrogen and oxygen atoms in total. The van der Waals surface area contributed by atoms with Crippen LogP contribution < -0.4 is 5.73 Å². The summed E-state index contributed by atoms with van der Waals surface area (Å²) in [6.45, 7) is 4.82. The zero-order chi connectivity index (χ0) is 13.3. The number of hydrogen-bond donors (Lipinski definition) is 2. The van der Waals surface area contributed by atoms with Crippen molar-refractivity contribution in [3.05, 3.63) is 18.0 Å². The van der Waals surface area contributed by atoms with E-state index in [-0.39, 0.29) is 17.1 Å². The molecule has 1 aliphatic heterocycles. The molecule has 0 unspecified atom stereocenters. The van der Waals surface area contributed by atoms with E-state index in [0.29, 0.717) is 25.3 Å². The Labute approximate surface area is 107 Å². The Hall–Kier alpha value is -0.890. The van der Waals surface area contributed by atoms with Crippen molar-refractivity contribution in [1.29, 1.82) is 0 Å². The first-order valence-corrected chi connectivity index (χ1v) is 7.40. The van der Waals surface area contributed by atoms with E-state index < -0.39 is 10.0 Å². The largest absolute Gasteiger partial charge is 0.373 e. The summed E-state index contributed by atoms with van der Waals surface area (Å²) in [5.41, 5.74) is 6.18. The van der Waals surface area contributed by atoms with Crippen LogP contribution in [0, 0.1) is 0 Å². The minimum Gasteiger partial charge on any atom is -0.373 e. The smallest absolute Gasteiger partial charge is 0.244 e. The second-order valence-electron chi connectivity index (χ2n) is 4.64. The highest BCUT2D eigenvalue weighted by Crippen LogP contribution is 2.21. The lowest BCUT2D eigenvalue weighted by molar-refractivity contribution is -0.0440. The van der Waals surface area contributed by atoms with Crippen molar-refractivity contribution in [2.24, 2.45) is 5.73 Å². The van der Waals surface area contributed by atoms with Gasteiger partial charge in [0, 0.05) is 31.5 Å². The Morgan fingerprint density at radius 1 is 1.44 bits per heavy atom. The number of morpholine rings is 1. The van der Waals surface area contributed by atoms with Crippen molar-refractivity contribution >= 4 is 10.0 Å². The van der Waals surface area contributed by atoms with Crippen LogP contribution in [0.3, 0.4) is 0 Å². The number of aromatic nitrogens is 1. The number of aromatic amines is 1. The lowest BCUT2D eigenvalue weighted by atomic mass is 10.3. The number of nitrogens with zero attached hydrogens (tertiary/aromatic N) is 1. The molecule has 3 N–H and O–H groups in total. The molecule has 0 spiro atoms. The Morgan fingerprint density at radius 2 is 2.06 bits per heavy atom. The summed E-state index contributed by atoms with van der Waals surface area (Å²) in [5, 5.41) is 0. The quantitative estimate of drug-likeness (QED) is 0.827. The molecule has 0 amide bonds. The first-order valence-electron chi connectivity index (χ1n) is 5.96. The third-order valence-corrected chi connectivity index (χ3v) is 4.77. The highest BCUT2D eigenvalue weighted by Gasteiger charge is 2.32. The topological polar surface area (TPSA) is 88.4 Å². The second-order valence-corrected chi connectivity index (χ2v) is 6.58. The average Bonchev–Trinajstić information content (AvgIpc) is 2.76. The molecule has 2 rings (SSSR count). The molecular formula is C11H19N3O3S. The highest BCUT2D eigenvalue weighted by molar-refractivity contribution is 7.89. The minimum atomic E-state index is -3.45. The molecule has 102 valence electrons. The Kier molecular flexibility index (Phi) is 3.76. The fourth-order valence-electron chi connectivity index (χ4n) is 2.16. The number of rotatable bonds is 3. The van der Waals surface area contributed by atoms with E-state index in [4.69, 9.17) is 10.5 Å². The normalized spacial score (nSPS) is 26.4. The van der Waals surface area contributed by atoms with Gasteiger partial charge in [-0.05, 0) is 19.9 Å². The van der Waals surface area contributed by atoms with Crippen LogP contribution in [0.15, 0.2) is 17.2 Å². The average molecular weight is 273 g/mol. The predicted molar refractivity (Wildman–Crippen MR) is 67.5 cm³/mol. The molecule has 2 heterocycles. The van der Waals surface area contributed by atoms with Gasteiger partial charge in [0.05, 0.1) is 17.1 Å². The number of H-pyrrole nitrogens is 1. The number of sulfonamides is 1. The van der Waals surface area contributed by atoms with Gasteiger partial charge in [-0.25, -0.2) is 8.42 Å². The van der Waals surface area contributed by atoms with Gasteiger partial charge in [0.1, 0.15) is 0 Å². The van der Waals surface area contributed by atoms with Crippen LogP contribution in [-0.4, -0.2) is 43.0 Å². The van der Waals surface area contributed by atoms with Crippen LogP contribution in [0.25, 0.3) is 0 Å². The maximum absolute atomic E-state index is 12.4. The maximum atomic E-state index is 12.4. The molecule has 0 aliphatic carbocycles. The first-order chi connectivity index (χ1) is 8.43. The standard InChI is InChI=1S/C11H19N3O3S/c1-8-6-14(7-9(2)17-8)18(15,16)11-3-10(4-12)13-5-11/h3,5,8-9,13H,4,6-7,12H2,1-2H3/t8-,9+. The van der Waals surface area contributed by atoms with Crippen LogP contribution in [0.1, 0.15) is 19.5 Å². The van der Waals surface area contributed by atoms with Crippen LogP contribution in [0.2, 0.25) is 0 Å². The summed E-state index contributed by atoms with van der Waals surface area (Å²) in [6, 6.07) is 1.58. The van der Waals surface area contributed by atoms with Gasteiger partial charge in [-0.1, -0.05) is 0 Å². The van der Waals surface area contributed by atoms with Crippen molar-refractivity contribution in [2.45, 2.75) is 37.5 Å². The maximum Gasteiger partial charge on any atom is 0.244 e. The molecule has 1 aromatic rings. The Bertz CT molecular complexity index is 501. The molecule has 7 heteroatoms. The van der Waals surface area contributed by atoms with Crippen molar-refractivity contribution < 1.29 is 13.2 Å². The first kappa shape index (κ1) is 13.5. The van der Waals surface area contributed by atoms with Crippen LogP contribution in [0.4, 0.5) is 0 Å². The lowest BCUT2D eigenvalue weighted by Crippen LogP contribution is -2.47. The van der Waals surface area contributed by atoms with Gasteiger partial charge in [-0.15, -0.1) is 0 Å². The van der Waals surface area contributed by atoms with Crippen molar-refractivity contribution in [1.82, 2.24) is 9.29 Å². The fraction of sp³-hybridized carbons (Fsp3) is 0.636. The van der Waals surface area contributed by atoms with E-state index in [1.54, 1.807) is 6.07 Å². The van der Waals surface area contributed by atoms with Crippen LogP contribution in [0.5, 0.6) is 0 Å². The predicted octanol–water partition coefficient (Wildman–Crippen LogP) is 0.271. The Morgan fingerprint density at radius 3 is 2.56 bits per heavy atom. The van der Waals surface area contributed by atoms with E-state index in [9.17, 15) is 8.42 Å². The van der Waals surface area contributed by atoms with Gasteiger partial charge in [0.25, 0.3) is 0 Å². The summed E-state index contributed by atoms with van der Waals surface area (Å²) < 4.78 is 31.8. The fourth-order valence-corrected chi connectivity index (χ4v) is 3.77. The molecule has 1 aromatic heterocycles. The monoisotopic (exact) mass is 273 g/mol. The van der Waals surface area contributed by atoms with E-state index in [1.807, 2.05) is 13.8 Å². The van der Waals surface area contributed by atoms with Gasteiger partial charge in [0.2, 0.25) is 10.0 Å². The van der Waals surface area contributed by atoms with Crippen molar-refractivity contribution in [3.63, 3.8) is 0 Å². The molecule has 0 aromatic carbocycles. The highest BCUT2D eigenvalue weighted by atomic mass is 32.2. The molecule has 18 heavy (non-hydrogen) atoms. The van der Waals surface area contributed by atoms with E-state index in [1.165, 1.54) is 10.5 Å². The summed E-state index contributed by atoms with van der Waals surface area (Å²) in [5.74, 6) is 0. The summed E-state index contributed by atoms with van der Waals surface area (Å²) >= 11 is 0. The number of ether oxygens (including phenoxy) is 1. The SMILES string of the molecule is C[C@@H]1CN(S(=O)(=O)c2c[nH]c(CN)c2)C[C@H](C)O1. The number of nitrogens with two attached hydrogens (primary N) is 1. The number of hydrogen-bond acceptors (Lipinski definition) is 4. The summed E-state index contributed by atoms with van der Waals surface area (Å²) in [4.78, 5) is 3.13. The number of nitrogens with one attached hydrogen (secondary N) is 1. The van der Waals surface area contributed by atoms with E-state index in [2.05, 4.69) is 4.98 Å². The van der Waals surface area contributed by atoms with Crippen LogP contribution in [-0.2, 0) is 21.3 Å². The molecule has 1 saturated heterocycles. The molecule has 1 fully saturated rings. The Balaban J connectivity index is 2.25. The van der Waals surface area contributed by atoms with Crippen molar-refractivity contribution in [3.8, 4) is 0 Å². The molecule has 1 aliphatic rings. The molecular weight excluding hydrogens is 254 g/mol. The van der Waals surface area contributed by atoms with Crippen LogP contribution >= 0.6 is 0 Å². The third-order valence-electron chi connectivity index (χ3n) is 2.96. The third kappa shape index (κ3) is 2.59. The summed E-state index contributed by atoms with van der Waals surface area (Å²) in [6.07, 6.45) is 1.32. The van der Waals surface area contributed by atoms with Gasteiger partial charge < -0.3 is 15.5 Å². The van der Waals surface area contributed by atoms with E-state index >= 15 is 0 Å². The van der Waals surface area contributed by atoms with Gasteiger partial charge in [-0.3, -0.25) is 0 Å². The molecule has 0 radical (unpaired) electrons. The molecule has 0 saturated carbocycles. The van der Waals surface area contributed by atoms with E-state index in [0.717, 1.165) is 0 Å². The zero-order valence-electron chi connectivity index (χ0n) is 10.6. The molecule has 0 bridgehead atoms. The minimum absolute atomic E-state index is 0.0866. The second kappa shape index (κ2) is 5.00. The van der Waals surface area contributed by atoms with Gasteiger partial charge in [-0.2, -0.15) is 4.31 Å². The molecule has 2 atom stereocenters.